The molecule has 1 aromatic rings. The number of nitrogens with two attached hydrogens (primary N) is 1. The summed E-state index contributed by atoms with van der Waals surface area (Å²) in [7, 11) is 1.50. The Morgan fingerprint density at radius 1 is 1.61 bits per heavy atom. The SMILES string of the molecule is COc1cc(Br)ccc1C(=O)NCC(N)C(C)O. The first-order valence-corrected chi connectivity index (χ1v) is 6.30. The number of halogens is 1. The summed E-state index contributed by atoms with van der Waals surface area (Å²) in [5.41, 5.74) is 6.06. The number of amides is 1. The number of hydrogen-bond acceptors (Lipinski definition) is 4. The Balaban J connectivity index is 2.72. The van der Waals surface area contributed by atoms with Gasteiger partial charge in [-0.1, -0.05) is 15.9 Å². The molecule has 0 bridgehead atoms. The van der Waals surface area contributed by atoms with Gasteiger partial charge in [0.15, 0.2) is 0 Å². The maximum absolute atomic E-state index is 11.9. The van der Waals surface area contributed by atoms with Gasteiger partial charge in [0.1, 0.15) is 5.75 Å². The summed E-state index contributed by atoms with van der Waals surface area (Å²) in [6.07, 6.45) is -0.669. The first-order chi connectivity index (χ1) is 8.45. The van der Waals surface area contributed by atoms with Crippen LogP contribution in [-0.2, 0) is 0 Å². The van der Waals surface area contributed by atoms with Crippen molar-refractivity contribution >= 4 is 21.8 Å². The standard InChI is InChI=1S/C12H17BrN2O3/c1-7(16)10(14)6-15-12(17)9-4-3-8(13)5-11(9)18-2/h3-5,7,10,16H,6,14H2,1-2H3,(H,15,17). The average Bonchev–Trinajstić information content (AvgIpc) is 2.34. The van der Waals surface area contributed by atoms with Gasteiger partial charge < -0.3 is 20.9 Å². The number of aliphatic hydroxyl groups is 1. The summed E-state index contributed by atoms with van der Waals surface area (Å²) in [5, 5.41) is 11.9. The van der Waals surface area contributed by atoms with Crippen LogP contribution in [0.1, 0.15) is 17.3 Å². The number of rotatable bonds is 5. The summed E-state index contributed by atoms with van der Waals surface area (Å²) in [6, 6.07) is 4.64. The van der Waals surface area contributed by atoms with Gasteiger partial charge >= 0.3 is 0 Å². The van der Waals surface area contributed by atoms with Crippen molar-refractivity contribution in [3.05, 3.63) is 28.2 Å². The van der Waals surface area contributed by atoms with Crippen molar-refractivity contribution in [2.75, 3.05) is 13.7 Å². The van der Waals surface area contributed by atoms with E-state index >= 15 is 0 Å². The molecule has 0 saturated carbocycles. The van der Waals surface area contributed by atoms with Crippen molar-refractivity contribution in [1.29, 1.82) is 0 Å². The molecule has 2 atom stereocenters. The van der Waals surface area contributed by atoms with Crippen molar-refractivity contribution in [2.45, 2.75) is 19.1 Å². The molecule has 0 aliphatic heterocycles. The van der Waals surface area contributed by atoms with Gasteiger partial charge in [0.25, 0.3) is 5.91 Å². The highest BCUT2D eigenvalue weighted by molar-refractivity contribution is 9.10. The molecular formula is C12H17BrN2O3. The van der Waals surface area contributed by atoms with Crippen molar-refractivity contribution in [1.82, 2.24) is 5.32 Å². The third-order valence-corrected chi connectivity index (χ3v) is 3.02. The van der Waals surface area contributed by atoms with E-state index in [4.69, 9.17) is 10.5 Å². The smallest absolute Gasteiger partial charge is 0.255 e. The number of carbonyl (C=O) groups is 1. The van der Waals surface area contributed by atoms with E-state index in [1.54, 1.807) is 25.1 Å². The van der Waals surface area contributed by atoms with Crippen LogP contribution in [0.3, 0.4) is 0 Å². The van der Waals surface area contributed by atoms with Gasteiger partial charge in [-0.15, -0.1) is 0 Å². The fraction of sp³-hybridized carbons (Fsp3) is 0.417. The van der Waals surface area contributed by atoms with Gasteiger partial charge in [-0.2, -0.15) is 0 Å². The van der Waals surface area contributed by atoms with Gasteiger partial charge in [0.2, 0.25) is 0 Å². The first-order valence-electron chi connectivity index (χ1n) is 5.51. The molecule has 0 radical (unpaired) electrons. The normalized spacial score (nSPS) is 13.8. The topological polar surface area (TPSA) is 84.6 Å². The van der Waals surface area contributed by atoms with Gasteiger partial charge in [-0.3, -0.25) is 4.79 Å². The van der Waals surface area contributed by atoms with E-state index in [9.17, 15) is 9.90 Å². The number of nitrogens with one attached hydrogen (secondary N) is 1. The first kappa shape index (κ1) is 14.9. The zero-order valence-corrected chi connectivity index (χ0v) is 11.9. The molecular weight excluding hydrogens is 300 g/mol. The molecule has 4 N–H and O–H groups in total. The van der Waals surface area contributed by atoms with Crippen LogP contribution in [0.5, 0.6) is 5.75 Å². The summed E-state index contributed by atoms with van der Waals surface area (Å²) in [4.78, 5) is 11.9. The van der Waals surface area contributed by atoms with Crippen LogP contribution in [0.25, 0.3) is 0 Å². The summed E-state index contributed by atoms with van der Waals surface area (Å²) >= 11 is 3.30. The van der Waals surface area contributed by atoms with Crippen LogP contribution in [0.4, 0.5) is 0 Å². The molecule has 1 amide bonds. The van der Waals surface area contributed by atoms with Crippen molar-refractivity contribution in [3.8, 4) is 5.75 Å². The van der Waals surface area contributed by atoms with Crippen LogP contribution < -0.4 is 15.8 Å². The molecule has 0 aliphatic carbocycles. The molecule has 2 unspecified atom stereocenters. The molecule has 100 valence electrons. The van der Waals surface area contributed by atoms with Gasteiger partial charge in [0.05, 0.1) is 18.8 Å². The maximum atomic E-state index is 11.9. The quantitative estimate of drug-likeness (QED) is 0.753. The predicted molar refractivity (Wildman–Crippen MR) is 72.7 cm³/mol. The Labute approximate surface area is 114 Å². The van der Waals surface area contributed by atoms with Crippen LogP contribution in [0.15, 0.2) is 22.7 Å². The second-order valence-electron chi connectivity index (χ2n) is 3.96. The molecule has 0 aliphatic rings. The van der Waals surface area contributed by atoms with E-state index < -0.39 is 12.1 Å². The lowest BCUT2D eigenvalue weighted by Crippen LogP contribution is -2.43. The summed E-state index contributed by atoms with van der Waals surface area (Å²) < 4.78 is 5.96. The van der Waals surface area contributed by atoms with Gasteiger partial charge in [-0.05, 0) is 25.1 Å². The van der Waals surface area contributed by atoms with Crippen LogP contribution >= 0.6 is 15.9 Å². The minimum atomic E-state index is -0.669. The largest absolute Gasteiger partial charge is 0.496 e. The Bertz CT molecular complexity index is 424. The molecule has 0 spiro atoms. The zero-order chi connectivity index (χ0) is 13.7. The Morgan fingerprint density at radius 2 is 2.28 bits per heavy atom. The number of benzene rings is 1. The third kappa shape index (κ3) is 3.97. The number of carbonyl (C=O) groups excluding carboxylic acids is 1. The molecule has 5 nitrogen and oxygen atoms in total. The van der Waals surface area contributed by atoms with E-state index in [0.717, 1.165) is 4.47 Å². The van der Waals surface area contributed by atoms with E-state index in [0.29, 0.717) is 11.3 Å². The predicted octanol–water partition coefficient (Wildman–Crippen LogP) is 0.896. The molecule has 6 heteroatoms. The highest BCUT2D eigenvalue weighted by Crippen LogP contribution is 2.23. The van der Waals surface area contributed by atoms with Crippen molar-refractivity contribution in [3.63, 3.8) is 0 Å². The second-order valence-corrected chi connectivity index (χ2v) is 4.87. The number of ether oxygens (including phenoxy) is 1. The monoisotopic (exact) mass is 316 g/mol. The van der Waals surface area contributed by atoms with Crippen LogP contribution in [-0.4, -0.2) is 36.8 Å². The van der Waals surface area contributed by atoms with E-state index in [-0.39, 0.29) is 12.5 Å². The Morgan fingerprint density at radius 3 is 2.83 bits per heavy atom. The summed E-state index contributed by atoms with van der Waals surface area (Å²) in [5.74, 6) is 0.197. The van der Waals surface area contributed by atoms with Crippen LogP contribution in [0, 0.1) is 0 Å². The van der Waals surface area contributed by atoms with Crippen LogP contribution in [0.2, 0.25) is 0 Å². The Kier molecular flexibility index (Phi) is 5.58. The van der Waals surface area contributed by atoms with Crippen molar-refractivity contribution in [2.24, 2.45) is 5.73 Å². The average molecular weight is 317 g/mol. The third-order valence-electron chi connectivity index (χ3n) is 2.53. The Hall–Kier alpha value is -1.11. The molecule has 0 aromatic heterocycles. The zero-order valence-electron chi connectivity index (χ0n) is 10.3. The van der Waals surface area contributed by atoms with Crippen molar-refractivity contribution < 1.29 is 14.6 Å². The molecule has 0 heterocycles. The minimum absolute atomic E-state index is 0.204. The molecule has 0 saturated heterocycles. The summed E-state index contributed by atoms with van der Waals surface area (Å²) in [6.45, 7) is 1.78. The van der Waals surface area contributed by atoms with Gasteiger partial charge in [-0.25, -0.2) is 0 Å². The number of aliphatic hydroxyl groups excluding tert-OH is 1. The lowest BCUT2D eigenvalue weighted by atomic mass is 10.1. The lowest BCUT2D eigenvalue weighted by Gasteiger charge is -2.16. The highest BCUT2D eigenvalue weighted by Gasteiger charge is 2.15. The molecule has 18 heavy (non-hydrogen) atoms. The van der Waals surface area contributed by atoms with E-state index in [1.165, 1.54) is 7.11 Å². The maximum Gasteiger partial charge on any atom is 0.255 e. The second kappa shape index (κ2) is 6.72. The molecule has 0 fully saturated rings. The van der Waals surface area contributed by atoms with E-state index in [1.807, 2.05) is 0 Å². The number of methoxy groups -OCH3 is 1. The fourth-order valence-electron chi connectivity index (χ4n) is 1.33. The molecule has 1 rings (SSSR count). The highest BCUT2D eigenvalue weighted by atomic mass is 79.9. The molecule has 1 aromatic carbocycles. The van der Waals surface area contributed by atoms with Gasteiger partial charge in [0, 0.05) is 17.1 Å². The fourth-order valence-corrected chi connectivity index (χ4v) is 1.67. The minimum Gasteiger partial charge on any atom is -0.496 e. The lowest BCUT2D eigenvalue weighted by molar-refractivity contribution is 0.0934. The van der Waals surface area contributed by atoms with E-state index in [2.05, 4.69) is 21.2 Å². The number of hydrogen-bond donors (Lipinski definition) is 3.